The topological polar surface area (TPSA) is 49.8 Å². The number of nitrogens with one attached hydrogen (secondary N) is 2. The van der Waals surface area contributed by atoms with E-state index in [2.05, 4.69) is 20.8 Å². The molecule has 1 saturated heterocycles. The average molecular weight is 227 g/mol. The maximum atomic E-state index is 5.65. The lowest BCUT2D eigenvalue weighted by Gasteiger charge is -2.10. The third kappa shape index (κ3) is 3.41. The molecule has 0 unspecified atom stereocenters. The molecule has 0 aliphatic carbocycles. The first-order chi connectivity index (χ1) is 7.34. The van der Waals surface area contributed by atoms with Gasteiger partial charge in [-0.2, -0.15) is 5.10 Å². The van der Waals surface area contributed by atoms with Crippen LogP contribution in [-0.4, -0.2) is 29.3 Å². The summed E-state index contributed by atoms with van der Waals surface area (Å²) in [6, 6.07) is 4.27. The van der Waals surface area contributed by atoms with Crippen molar-refractivity contribution in [3.63, 3.8) is 0 Å². The molecule has 15 heavy (non-hydrogen) atoms. The molecular formula is C10H15ClN4. The van der Waals surface area contributed by atoms with Crippen molar-refractivity contribution in [2.24, 2.45) is 0 Å². The predicted molar refractivity (Wildman–Crippen MR) is 59.8 cm³/mol. The van der Waals surface area contributed by atoms with Gasteiger partial charge >= 0.3 is 0 Å². The van der Waals surface area contributed by atoms with E-state index in [1.807, 2.05) is 6.07 Å². The van der Waals surface area contributed by atoms with Crippen molar-refractivity contribution < 1.29 is 0 Å². The molecule has 1 aromatic rings. The molecule has 0 radical (unpaired) electrons. The molecular weight excluding hydrogens is 212 g/mol. The minimum atomic E-state index is 0.441. The lowest BCUT2D eigenvalue weighted by Crippen LogP contribution is -2.33. The number of nitrogens with zero attached hydrogens (tertiary/aromatic N) is 2. The van der Waals surface area contributed by atoms with E-state index in [4.69, 9.17) is 11.6 Å². The molecule has 5 heteroatoms. The summed E-state index contributed by atoms with van der Waals surface area (Å²) >= 11 is 5.65. The van der Waals surface area contributed by atoms with Crippen LogP contribution in [0.2, 0.25) is 5.15 Å². The molecule has 1 fully saturated rings. The summed E-state index contributed by atoms with van der Waals surface area (Å²) in [5.41, 5.74) is 0.928. The third-order valence-electron chi connectivity index (χ3n) is 2.55. The number of aromatic nitrogens is 2. The minimum absolute atomic E-state index is 0.441. The van der Waals surface area contributed by atoms with Gasteiger partial charge in [0.25, 0.3) is 0 Å². The fraction of sp³-hybridized carbons (Fsp3) is 0.600. The van der Waals surface area contributed by atoms with Crippen molar-refractivity contribution >= 4 is 11.6 Å². The monoisotopic (exact) mass is 226 g/mol. The lowest BCUT2D eigenvalue weighted by atomic mass is 10.2. The van der Waals surface area contributed by atoms with Crippen molar-refractivity contribution in [1.82, 2.24) is 20.8 Å². The molecule has 2 heterocycles. The molecule has 1 aromatic heterocycles. The minimum Gasteiger partial charge on any atom is -0.313 e. The molecule has 0 spiro atoms. The molecule has 4 nitrogen and oxygen atoms in total. The van der Waals surface area contributed by atoms with Gasteiger partial charge in [0.15, 0.2) is 5.15 Å². The Kier molecular flexibility index (Phi) is 3.88. The van der Waals surface area contributed by atoms with Crippen molar-refractivity contribution in [1.29, 1.82) is 0 Å². The highest BCUT2D eigenvalue weighted by Gasteiger charge is 2.12. The molecule has 1 aliphatic rings. The second-order valence-corrected chi connectivity index (χ2v) is 4.16. The Labute approximate surface area is 94.4 Å². The summed E-state index contributed by atoms with van der Waals surface area (Å²) < 4.78 is 0. The SMILES string of the molecule is Clc1ccc(CNC[C@H]2CCCN2)nn1. The number of halogens is 1. The maximum absolute atomic E-state index is 5.65. The average Bonchev–Trinajstić information content (AvgIpc) is 2.74. The Hall–Kier alpha value is -0.710. The van der Waals surface area contributed by atoms with Crippen LogP contribution in [0.3, 0.4) is 0 Å². The van der Waals surface area contributed by atoms with Gasteiger partial charge in [-0.05, 0) is 31.5 Å². The number of rotatable bonds is 4. The van der Waals surface area contributed by atoms with Crippen LogP contribution in [0.15, 0.2) is 12.1 Å². The highest BCUT2D eigenvalue weighted by atomic mass is 35.5. The Bertz CT molecular complexity index is 295. The fourth-order valence-corrected chi connectivity index (χ4v) is 1.84. The van der Waals surface area contributed by atoms with Crippen LogP contribution >= 0.6 is 11.6 Å². The summed E-state index contributed by atoms with van der Waals surface area (Å²) in [5.74, 6) is 0. The number of hydrogen-bond donors (Lipinski definition) is 2. The molecule has 0 aromatic carbocycles. The van der Waals surface area contributed by atoms with E-state index in [1.54, 1.807) is 6.07 Å². The summed E-state index contributed by atoms with van der Waals surface area (Å²) in [5, 5.41) is 15.0. The summed E-state index contributed by atoms with van der Waals surface area (Å²) in [6.45, 7) is 2.89. The zero-order chi connectivity index (χ0) is 10.5. The normalized spacial score (nSPS) is 20.7. The molecule has 2 rings (SSSR count). The first-order valence-electron chi connectivity index (χ1n) is 5.27. The second-order valence-electron chi connectivity index (χ2n) is 3.77. The first kappa shape index (κ1) is 10.8. The quantitative estimate of drug-likeness (QED) is 0.804. The van der Waals surface area contributed by atoms with Crippen LogP contribution in [0.1, 0.15) is 18.5 Å². The van der Waals surface area contributed by atoms with Gasteiger partial charge in [-0.1, -0.05) is 11.6 Å². The smallest absolute Gasteiger partial charge is 0.151 e. The Balaban J connectivity index is 1.71. The highest BCUT2D eigenvalue weighted by Crippen LogP contribution is 2.04. The van der Waals surface area contributed by atoms with E-state index in [0.717, 1.165) is 25.3 Å². The molecule has 1 atom stereocenters. The fourth-order valence-electron chi connectivity index (χ4n) is 1.74. The van der Waals surface area contributed by atoms with Gasteiger partial charge in [-0.3, -0.25) is 0 Å². The molecule has 82 valence electrons. The second kappa shape index (κ2) is 5.39. The van der Waals surface area contributed by atoms with Crippen molar-refractivity contribution in [2.45, 2.75) is 25.4 Å². The van der Waals surface area contributed by atoms with Crippen molar-refractivity contribution in [3.05, 3.63) is 23.0 Å². The molecule has 2 N–H and O–H groups in total. The molecule has 0 bridgehead atoms. The van der Waals surface area contributed by atoms with E-state index in [0.29, 0.717) is 11.2 Å². The molecule has 0 amide bonds. The van der Waals surface area contributed by atoms with Crippen LogP contribution < -0.4 is 10.6 Å². The van der Waals surface area contributed by atoms with E-state index in [1.165, 1.54) is 12.8 Å². The zero-order valence-corrected chi connectivity index (χ0v) is 9.30. The predicted octanol–water partition coefficient (Wildman–Crippen LogP) is 0.972. The Morgan fingerprint density at radius 1 is 1.47 bits per heavy atom. The Morgan fingerprint density at radius 2 is 2.40 bits per heavy atom. The van der Waals surface area contributed by atoms with Crippen LogP contribution in [-0.2, 0) is 6.54 Å². The molecule has 1 aliphatic heterocycles. The van der Waals surface area contributed by atoms with Crippen LogP contribution in [0.25, 0.3) is 0 Å². The van der Waals surface area contributed by atoms with Crippen LogP contribution in [0, 0.1) is 0 Å². The van der Waals surface area contributed by atoms with Gasteiger partial charge in [0, 0.05) is 19.1 Å². The van der Waals surface area contributed by atoms with Gasteiger partial charge in [0.05, 0.1) is 5.69 Å². The van der Waals surface area contributed by atoms with Crippen molar-refractivity contribution in [3.8, 4) is 0 Å². The standard InChI is InChI=1S/C10H15ClN4/c11-10-4-3-9(14-15-10)7-12-6-8-2-1-5-13-8/h3-4,8,12-13H,1-2,5-7H2/t8-/m1/s1. The summed E-state index contributed by atoms with van der Waals surface area (Å²) in [6.07, 6.45) is 2.55. The first-order valence-corrected chi connectivity index (χ1v) is 5.64. The van der Waals surface area contributed by atoms with E-state index < -0.39 is 0 Å². The van der Waals surface area contributed by atoms with Gasteiger partial charge in [0.2, 0.25) is 0 Å². The lowest BCUT2D eigenvalue weighted by molar-refractivity contribution is 0.531. The maximum Gasteiger partial charge on any atom is 0.151 e. The number of hydrogen-bond acceptors (Lipinski definition) is 4. The van der Waals surface area contributed by atoms with E-state index in [-0.39, 0.29) is 0 Å². The van der Waals surface area contributed by atoms with E-state index in [9.17, 15) is 0 Å². The van der Waals surface area contributed by atoms with Crippen LogP contribution in [0.5, 0.6) is 0 Å². The van der Waals surface area contributed by atoms with Crippen molar-refractivity contribution in [2.75, 3.05) is 13.1 Å². The Morgan fingerprint density at radius 3 is 3.07 bits per heavy atom. The van der Waals surface area contributed by atoms with Gasteiger partial charge in [-0.15, -0.1) is 5.10 Å². The summed E-state index contributed by atoms with van der Waals surface area (Å²) in [7, 11) is 0. The van der Waals surface area contributed by atoms with Gasteiger partial charge < -0.3 is 10.6 Å². The van der Waals surface area contributed by atoms with Gasteiger partial charge in [-0.25, -0.2) is 0 Å². The highest BCUT2D eigenvalue weighted by molar-refractivity contribution is 6.29. The summed E-state index contributed by atoms with van der Waals surface area (Å²) in [4.78, 5) is 0. The zero-order valence-electron chi connectivity index (χ0n) is 8.54. The van der Waals surface area contributed by atoms with E-state index >= 15 is 0 Å². The largest absolute Gasteiger partial charge is 0.313 e. The third-order valence-corrected chi connectivity index (χ3v) is 2.75. The molecule has 0 saturated carbocycles. The van der Waals surface area contributed by atoms with Crippen LogP contribution in [0.4, 0.5) is 0 Å². The van der Waals surface area contributed by atoms with Gasteiger partial charge in [0.1, 0.15) is 0 Å².